The molecule has 1 atom stereocenters. The van der Waals surface area contributed by atoms with E-state index in [0.717, 1.165) is 5.56 Å². The summed E-state index contributed by atoms with van der Waals surface area (Å²) in [5.41, 5.74) is 0.758. The van der Waals surface area contributed by atoms with Crippen LogP contribution in [0.5, 0.6) is 11.5 Å². The maximum Gasteiger partial charge on any atom is 0.278 e. The molecule has 0 saturated heterocycles. The second-order valence-corrected chi connectivity index (χ2v) is 5.12. The van der Waals surface area contributed by atoms with Crippen LogP contribution in [0.25, 0.3) is 11.5 Å². The minimum atomic E-state index is -0.231. The van der Waals surface area contributed by atoms with Gasteiger partial charge in [-0.1, -0.05) is 0 Å². The first-order valence-corrected chi connectivity index (χ1v) is 6.44. The molecule has 0 radical (unpaired) electrons. The Morgan fingerprint density at radius 2 is 2.16 bits per heavy atom. The van der Waals surface area contributed by atoms with E-state index in [1.54, 1.807) is 19.1 Å². The van der Waals surface area contributed by atoms with Crippen molar-refractivity contribution in [3.63, 3.8) is 0 Å². The van der Waals surface area contributed by atoms with Crippen LogP contribution < -0.4 is 9.47 Å². The van der Waals surface area contributed by atoms with E-state index in [1.165, 1.54) is 11.8 Å². The topological polar surface area (TPSA) is 81.2 Å². The molecular weight excluding hydrogens is 266 g/mol. The fourth-order valence-electron chi connectivity index (χ4n) is 1.58. The van der Waals surface area contributed by atoms with Gasteiger partial charge in [0.1, 0.15) is 0 Å². The highest BCUT2D eigenvalue weighted by atomic mass is 32.2. The molecule has 3 rings (SSSR count). The van der Waals surface area contributed by atoms with Crippen LogP contribution in [-0.4, -0.2) is 22.2 Å². The third-order valence-corrected chi connectivity index (χ3v) is 3.31. The van der Waals surface area contributed by atoms with E-state index >= 15 is 0 Å². The quantitative estimate of drug-likeness (QED) is 0.796. The van der Waals surface area contributed by atoms with Crippen molar-refractivity contribution in [2.45, 2.75) is 17.4 Å². The highest BCUT2D eigenvalue weighted by Crippen LogP contribution is 2.36. The van der Waals surface area contributed by atoms with E-state index in [0.29, 0.717) is 22.6 Å². The Morgan fingerprint density at radius 1 is 1.32 bits per heavy atom. The summed E-state index contributed by atoms with van der Waals surface area (Å²) in [5, 5.41) is 16.7. The number of hydrogen-bond donors (Lipinski definition) is 0. The molecule has 0 saturated carbocycles. The van der Waals surface area contributed by atoms with Gasteiger partial charge in [0, 0.05) is 5.56 Å². The third-order valence-electron chi connectivity index (χ3n) is 2.49. The Morgan fingerprint density at radius 3 is 3.00 bits per heavy atom. The number of ether oxygens (including phenoxy) is 2. The molecule has 7 heteroatoms. The molecule has 1 unspecified atom stereocenters. The Bertz CT molecular complexity index is 650. The number of rotatable bonds is 3. The van der Waals surface area contributed by atoms with Crippen LogP contribution >= 0.6 is 11.8 Å². The number of benzene rings is 1. The van der Waals surface area contributed by atoms with Crippen LogP contribution in [0, 0.1) is 11.3 Å². The van der Waals surface area contributed by atoms with E-state index in [1.807, 2.05) is 6.07 Å². The zero-order valence-corrected chi connectivity index (χ0v) is 10.8. The molecule has 1 aliphatic rings. The second kappa shape index (κ2) is 4.82. The maximum absolute atomic E-state index is 8.73. The number of aromatic nitrogens is 2. The van der Waals surface area contributed by atoms with Gasteiger partial charge in [-0.25, -0.2) is 0 Å². The molecule has 0 bridgehead atoms. The van der Waals surface area contributed by atoms with Crippen molar-refractivity contribution in [3.8, 4) is 29.0 Å². The largest absolute Gasteiger partial charge is 0.454 e. The summed E-state index contributed by atoms with van der Waals surface area (Å²) in [4.78, 5) is 0. The highest BCUT2D eigenvalue weighted by Gasteiger charge is 2.17. The molecule has 2 aromatic rings. The average molecular weight is 275 g/mol. The molecule has 0 N–H and O–H groups in total. The van der Waals surface area contributed by atoms with Crippen LogP contribution in [0.4, 0.5) is 0 Å². The summed E-state index contributed by atoms with van der Waals surface area (Å²) in [6.07, 6.45) is 0. The number of hydrogen-bond acceptors (Lipinski definition) is 7. The first-order valence-electron chi connectivity index (χ1n) is 5.56. The summed E-state index contributed by atoms with van der Waals surface area (Å²) in [7, 11) is 0. The lowest BCUT2D eigenvalue weighted by atomic mass is 10.2. The standard InChI is InChI=1S/C12H9N3O3S/c1-7(5-13)19-12-15-14-11(18-12)8-2-3-9-10(4-8)17-6-16-9/h2-4,7H,6H2,1H3. The van der Waals surface area contributed by atoms with E-state index in [4.69, 9.17) is 19.2 Å². The van der Waals surface area contributed by atoms with Gasteiger partial charge >= 0.3 is 0 Å². The summed E-state index contributed by atoms with van der Waals surface area (Å²) >= 11 is 1.23. The van der Waals surface area contributed by atoms with E-state index < -0.39 is 0 Å². The van der Waals surface area contributed by atoms with Gasteiger partial charge in [0.15, 0.2) is 11.5 Å². The predicted molar refractivity (Wildman–Crippen MR) is 66.8 cm³/mol. The lowest BCUT2D eigenvalue weighted by Gasteiger charge is -1.98. The molecule has 1 aliphatic heterocycles. The van der Waals surface area contributed by atoms with Gasteiger partial charge in [-0.3, -0.25) is 0 Å². The Balaban J connectivity index is 1.85. The molecular formula is C12H9N3O3S. The number of fused-ring (bicyclic) bond motifs is 1. The lowest BCUT2D eigenvalue weighted by Crippen LogP contribution is -1.92. The summed E-state index contributed by atoms with van der Waals surface area (Å²) in [6.45, 7) is 2.00. The Kier molecular flexibility index (Phi) is 3.01. The molecule has 2 heterocycles. The van der Waals surface area contributed by atoms with Crippen LogP contribution in [0.3, 0.4) is 0 Å². The van der Waals surface area contributed by atoms with E-state index in [9.17, 15) is 0 Å². The average Bonchev–Trinajstić information content (AvgIpc) is 3.05. The molecule has 0 fully saturated rings. The smallest absolute Gasteiger partial charge is 0.278 e. The fraction of sp³-hybridized carbons (Fsp3) is 0.250. The SMILES string of the molecule is CC(C#N)Sc1nnc(-c2ccc3c(c2)OCO3)o1. The van der Waals surface area contributed by atoms with Gasteiger partial charge in [0.25, 0.3) is 5.22 Å². The van der Waals surface area contributed by atoms with Crippen LogP contribution in [-0.2, 0) is 0 Å². The van der Waals surface area contributed by atoms with Crippen molar-refractivity contribution in [2.75, 3.05) is 6.79 Å². The van der Waals surface area contributed by atoms with Gasteiger partial charge in [0.05, 0.1) is 11.3 Å². The van der Waals surface area contributed by atoms with Gasteiger partial charge in [-0.05, 0) is 36.9 Å². The van der Waals surface area contributed by atoms with Gasteiger partial charge < -0.3 is 13.9 Å². The Labute approximate surface area is 113 Å². The minimum Gasteiger partial charge on any atom is -0.454 e. The fourth-order valence-corrected chi connectivity index (χ4v) is 2.15. The Hall–Kier alpha value is -2.20. The normalized spacial score (nSPS) is 14.1. The van der Waals surface area contributed by atoms with E-state index in [-0.39, 0.29) is 12.0 Å². The van der Waals surface area contributed by atoms with Crippen LogP contribution in [0.1, 0.15) is 6.92 Å². The van der Waals surface area contributed by atoms with Crippen molar-refractivity contribution in [1.82, 2.24) is 10.2 Å². The summed E-state index contributed by atoms with van der Waals surface area (Å²) in [6, 6.07) is 7.51. The highest BCUT2D eigenvalue weighted by molar-refractivity contribution is 7.99. The van der Waals surface area contributed by atoms with Crippen LogP contribution in [0.15, 0.2) is 27.8 Å². The summed E-state index contributed by atoms with van der Waals surface area (Å²) in [5.74, 6) is 1.76. The summed E-state index contributed by atoms with van der Waals surface area (Å²) < 4.78 is 16.0. The third kappa shape index (κ3) is 2.35. The predicted octanol–water partition coefficient (Wildman–Crippen LogP) is 2.47. The van der Waals surface area contributed by atoms with Gasteiger partial charge in [0.2, 0.25) is 12.7 Å². The number of nitriles is 1. The van der Waals surface area contributed by atoms with Crippen molar-refractivity contribution in [1.29, 1.82) is 5.26 Å². The van der Waals surface area contributed by atoms with E-state index in [2.05, 4.69) is 16.3 Å². The monoisotopic (exact) mass is 275 g/mol. The number of nitrogens with zero attached hydrogens (tertiary/aromatic N) is 3. The second-order valence-electron chi connectivity index (χ2n) is 3.83. The molecule has 0 spiro atoms. The number of thioether (sulfide) groups is 1. The van der Waals surface area contributed by atoms with Crippen molar-refractivity contribution in [2.24, 2.45) is 0 Å². The van der Waals surface area contributed by atoms with Crippen molar-refractivity contribution < 1.29 is 13.9 Å². The minimum absolute atomic E-state index is 0.226. The molecule has 6 nitrogen and oxygen atoms in total. The lowest BCUT2D eigenvalue weighted by molar-refractivity contribution is 0.174. The first kappa shape index (κ1) is 11.9. The van der Waals surface area contributed by atoms with Gasteiger partial charge in [-0.15, -0.1) is 10.2 Å². The zero-order chi connectivity index (χ0) is 13.2. The van der Waals surface area contributed by atoms with Gasteiger partial charge in [-0.2, -0.15) is 5.26 Å². The zero-order valence-electron chi connectivity index (χ0n) is 9.99. The molecule has 19 heavy (non-hydrogen) atoms. The molecule has 0 aliphatic carbocycles. The molecule has 96 valence electrons. The first-order chi connectivity index (χ1) is 9.26. The molecule has 1 aromatic heterocycles. The molecule has 1 aromatic carbocycles. The van der Waals surface area contributed by atoms with Crippen molar-refractivity contribution in [3.05, 3.63) is 18.2 Å². The maximum atomic E-state index is 8.73. The van der Waals surface area contributed by atoms with Crippen LogP contribution in [0.2, 0.25) is 0 Å². The molecule has 0 amide bonds. The van der Waals surface area contributed by atoms with Crippen molar-refractivity contribution >= 4 is 11.8 Å².